The lowest BCUT2D eigenvalue weighted by molar-refractivity contribution is 0.0447. The maximum atomic E-state index is 13.8. The number of benzene rings is 1. The van der Waals surface area contributed by atoms with Gasteiger partial charge in [-0.3, -0.25) is 0 Å². The lowest BCUT2D eigenvalue weighted by atomic mass is 9.99. The van der Waals surface area contributed by atoms with E-state index in [9.17, 15) is 17.6 Å². The quantitative estimate of drug-likeness (QED) is 0.779. The first kappa shape index (κ1) is 20.3. The van der Waals surface area contributed by atoms with Crippen molar-refractivity contribution < 1.29 is 31.3 Å². The van der Waals surface area contributed by atoms with Crippen molar-refractivity contribution in [2.75, 3.05) is 12.3 Å². The molecule has 26 heavy (non-hydrogen) atoms. The number of carbonyl (C=O) groups excluding carboxylic acids is 1. The molecule has 1 aromatic rings. The molecule has 0 aromatic heterocycles. The molecular formula is C17H24FNO6S. The summed E-state index contributed by atoms with van der Waals surface area (Å²) >= 11 is 0. The fraction of sp³-hybridized carbons (Fsp3) is 0.588. The molecule has 0 spiro atoms. The van der Waals surface area contributed by atoms with Gasteiger partial charge >= 0.3 is 16.2 Å². The van der Waals surface area contributed by atoms with Crippen LogP contribution in [-0.4, -0.2) is 38.0 Å². The van der Waals surface area contributed by atoms with Crippen LogP contribution in [0.5, 0.6) is 11.5 Å². The molecule has 1 aromatic carbocycles. The Morgan fingerprint density at radius 3 is 2.62 bits per heavy atom. The second-order valence-corrected chi connectivity index (χ2v) is 9.27. The fourth-order valence-electron chi connectivity index (χ4n) is 2.48. The van der Waals surface area contributed by atoms with Crippen LogP contribution in [0.4, 0.5) is 9.18 Å². The monoisotopic (exact) mass is 389 g/mol. The zero-order valence-electron chi connectivity index (χ0n) is 15.5. The molecule has 0 saturated heterocycles. The van der Waals surface area contributed by atoms with Crippen LogP contribution >= 0.6 is 0 Å². The summed E-state index contributed by atoms with van der Waals surface area (Å²) in [6.07, 6.45) is -0.326. The SMILES string of the molecule is CCS(=O)(=O)Oc1cc(F)cc2c1OC(C)(CNC(=O)OC(C)(C)C)C2. The van der Waals surface area contributed by atoms with E-state index in [4.69, 9.17) is 13.7 Å². The summed E-state index contributed by atoms with van der Waals surface area (Å²) in [5.74, 6) is -0.909. The third-order valence-electron chi connectivity index (χ3n) is 3.59. The highest BCUT2D eigenvalue weighted by molar-refractivity contribution is 7.87. The molecule has 0 fully saturated rings. The Hall–Kier alpha value is -2.03. The molecular weight excluding hydrogens is 365 g/mol. The van der Waals surface area contributed by atoms with Gasteiger partial charge in [0.15, 0.2) is 11.5 Å². The molecule has 1 atom stereocenters. The lowest BCUT2D eigenvalue weighted by Gasteiger charge is -2.26. The van der Waals surface area contributed by atoms with E-state index < -0.39 is 33.2 Å². The Kier molecular flexibility index (Phi) is 5.41. The summed E-state index contributed by atoms with van der Waals surface area (Å²) in [7, 11) is -3.83. The summed E-state index contributed by atoms with van der Waals surface area (Å²) in [6, 6.07) is 2.23. The van der Waals surface area contributed by atoms with Crippen LogP contribution in [0.2, 0.25) is 0 Å². The summed E-state index contributed by atoms with van der Waals surface area (Å²) in [5.41, 5.74) is -1.05. The van der Waals surface area contributed by atoms with Crippen LogP contribution in [0, 0.1) is 5.82 Å². The number of hydrogen-bond acceptors (Lipinski definition) is 6. The second kappa shape index (κ2) is 6.94. The smallest absolute Gasteiger partial charge is 0.407 e. The zero-order valence-corrected chi connectivity index (χ0v) is 16.3. The molecule has 1 aliphatic rings. The molecule has 1 aliphatic heterocycles. The number of hydrogen-bond donors (Lipinski definition) is 1. The average Bonchev–Trinajstić information content (AvgIpc) is 2.80. The Bertz CT molecular complexity index is 802. The van der Waals surface area contributed by atoms with Crippen LogP contribution in [0.1, 0.15) is 40.2 Å². The largest absolute Gasteiger partial charge is 0.481 e. The van der Waals surface area contributed by atoms with Gasteiger partial charge in [0.05, 0.1) is 12.3 Å². The van der Waals surface area contributed by atoms with Crippen LogP contribution in [0.3, 0.4) is 0 Å². The molecule has 1 N–H and O–H groups in total. The predicted molar refractivity (Wildman–Crippen MR) is 93.5 cm³/mol. The third-order valence-corrected chi connectivity index (χ3v) is 4.73. The summed E-state index contributed by atoms with van der Waals surface area (Å²) in [4.78, 5) is 11.8. The van der Waals surface area contributed by atoms with E-state index in [2.05, 4.69) is 5.32 Å². The van der Waals surface area contributed by atoms with Crippen molar-refractivity contribution >= 4 is 16.2 Å². The van der Waals surface area contributed by atoms with Crippen LogP contribution in [-0.2, 0) is 21.3 Å². The van der Waals surface area contributed by atoms with Crippen molar-refractivity contribution in [1.82, 2.24) is 5.32 Å². The van der Waals surface area contributed by atoms with Crippen LogP contribution < -0.4 is 14.2 Å². The highest BCUT2D eigenvalue weighted by atomic mass is 32.2. The maximum absolute atomic E-state index is 13.8. The summed E-state index contributed by atoms with van der Waals surface area (Å²) in [5, 5.41) is 2.61. The van der Waals surface area contributed by atoms with E-state index in [-0.39, 0.29) is 30.2 Å². The molecule has 7 nitrogen and oxygen atoms in total. The van der Waals surface area contributed by atoms with Crippen molar-refractivity contribution in [3.63, 3.8) is 0 Å². The van der Waals surface area contributed by atoms with Gasteiger partial charge in [-0.25, -0.2) is 9.18 Å². The molecule has 1 unspecified atom stereocenters. The van der Waals surface area contributed by atoms with Gasteiger partial charge in [-0.15, -0.1) is 0 Å². The number of carbonyl (C=O) groups is 1. The topological polar surface area (TPSA) is 90.9 Å². The minimum absolute atomic E-state index is 0.0954. The Labute approximate surface area is 152 Å². The van der Waals surface area contributed by atoms with Crippen molar-refractivity contribution in [1.29, 1.82) is 0 Å². The molecule has 2 rings (SSSR count). The Balaban J connectivity index is 2.15. The van der Waals surface area contributed by atoms with Crippen molar-refractivity contribution in [2.45, 2.75) is 52.2 Å². The summed E-state index contributed by atoms with van der Waals surface area (Å²) < 4.78 is 53.2. The third kappa shape index (κ3) is 5.23. The molecule has 0 radical (unpaired) electrons. The first-order valence-corrected chi connectivity index (χ1v) is 9.81. The number of alkyl carbamates (subject to hydrolysis) is 1. The van der Waals surface area contributed by atoms with E-state index in [0.29, 0.717) is 5.56 Å². The van der Waals surface area contributed by atoms with Gasteiger partial charge in [-0.1, -0.05) is 0 Å². The molecule has 0 aliphatic carbocycles. The Morgan fingerprint density at radius 1 is 1.38 bits per heavy atom. The normalized spacial score (nSPS) is 19.5. The van der Waals surface area contributed by atoms with Gasteiger partial charge in [-0.05, 0) is 40.7 Å². The van der Waals surface area contributed by atoms with E-state index >= 15 is 0 Å². The van der Waals surface area contributed by atoms with E-state index in [1.54, 1.807) is 27.7 Å². The highest BCUT2D eigenvalue weighted by Gasteiger charge is 2.38. The van der Waals surface area contributed by atoms with Crippen molar-refractivity contribution in [2.24, 2.45) is 0 Å². The van der Waals surface area contributed by atoms with E-state index in [1.807, 2.05) is 0 Å². The standard InChI is InChI=1S/C17H24FNO6S/c1-6-26(21,22)25-13-8-12(18)7-11-9-17(5,23-14(11)13)10-19-15(20)24-16(2,3)4/h7-8H,6,9-10H2,1-5H3,(H,19,20). The number of nitrogens with one attached hydrogen (secondary N) is 1. The van der Waals surface area contributed by atoms with E-state index in [1.165, 1.54) is 13.0 Å². The van der Waals surface area contributed by atoms with Crippen LogP contribution in [0.25, 0.3) is 0 Å². The molecule has 0 saturated carbocycles. The number of ether oxygens (including phenoxy) is 2. The average molecular weight is 389 g/mol. The number of fused-ring (bicyclic) bond motifs is 1. The number of halogens is 1. The maximum Gasteiger partial charge on any atom is 0.407 e. The van der Waals surface area contributed by atoms with Crippen LogP contribution in [0.15, 0.2) is 12.1 Å². The van der Waals surface area contributed by atoms with Gasteiger partial charge < -0.3 is 19.0 Å². The van der Waals surface area contributed by atoms with E-state index in [0.717, 1.165) is 6.07 Å². The zero-order chi connectivity index (χ0) is 19.8. The van der Waals surface area contributed by atoms with Gasteiger partial charge in [0.25, 0.3) is 0 Å². The van der Waals surface area contributed by atoms with Gasteiger partial charge in [0, 0.05) is 18.1 Å². The molecule has 0 bridgehead atoms. The fourth-order valence-corrected chi connectivity index (χ4v) is 3.00. The van der Waals surface area contributed by atoms with Gasteiger partial charge in [0.1, 0.15) is 17.0 Å². The second-order valence-electron chi connectivity index (χ2n) is 7.41. The first-order chi connectivity index (χ1) is 11.8. The van der Waals surface area contributed by atoms with Gasteiger partial charge in [-0.2, -0.15) is 8.42 Å². The predicted octanol–water partition coefficient (Wildman–Crippen LogP) is 2.77. The van der Waals surface area contributed by atoms with Crippen molar-refractivity contribution in [3.8, 4) is 11.5 Å². The van der Waals surface area contributed by atoms with Gasteiger partial charge in [0.2, 0.25) is 0 Å². The molecule has 1 amide bonds. The number of amides is 1. The Morgan fingerprint density at radius 2 is 2.04 bits per heavy atom. The van der Waals surface area contributed by atoms with Crippen molar-refractivity contribution in [3.05, 3.63) is 23.5 Å². The number of rotatable bonds is 5. The lowest BCUT2D eigenvalue weighted by Crippen LogP contribution is -2.45. The molecule has 9 heteroatoms. The first-order valence-electron chi connectivity index (χ1n) is 8.23. The minimum Gasteiger partial charge on any atom is -0.481 e. The minimum atomic E-state index is -3.83. The molecule has 1 heterocycles. The molecule has 146 valence electrons. The highest BCUT2D eigenvalue weighted by Crippen LogP contribution is 2.43. The summed E-state index contributed by atoms with van der Waals surface area (Å²) in [6.45, 7) is 8.48.